The lowest BCUT2D eigenvalue weighted by molar-refractivity contribution is -0.383. The third-order valence-electron chi connectivity index (χ3n) is 3.65. The molecule has 0 spiro atoms. The van der Waals surface area contributed by atoms with Crippen molar-refractivity contribution < 1.29 is 4.92 Å². The van der Waals surface area contributed by atoms with Gasteiger partial charge in [-0.1, -0.05) is 0 Å². The molecule has 3 aromatic rings. The number of nitrogen functional groups attached to an aromatic ring is 1. The van der Waals surface area contributed by atoms with E-state index < -0.39 is 4.92 Å². The number of hydrogen-bond donors (Lipinski definition) is 1. The van der Waals surface area contributed by atoms with Crippen molar-refractivity contribution in [3.05, 3.63) is 57.9 Å². The average Bonchev–Trinajstić information content (AvgIpc) is 2.81. The second-order valence-electron chi connectivity index (χ2n) is 5.04. The van der Waals surface area contributed by atoms with Crippen LogP contribution >= 0.6 is 0 Å². The maximum Gasteiger partial charge on any atom is 0.292 e. The van der Waals surface area contributed by atoms with Gasteiger partial charge in [-0.2, -0.15) is 0 Å². The van der Waals surface area contributed by atoms with Crippen molar-refractivity contribution in [3.8, 4) is 5.69 Å². The summed E-state index contributed by atoms with van der Waals surface area (Å²) in [6.45, 7) is 4.08. The molecular formula is C15H14N4O2. The van der Waals surface area contributed by atoms with Gasteiger partial charge in [0.2, 0.25) is 0 Å². The maximum atomic E-state index is 10.8. The highest BCUT2D eigenvalue weighted by Crippen LogP contribution is 2.27. The van der Waals surface area contributed by atoms with Gasteiger partial charge in [-0.05, 0) is 49.2 Å². The number of nitro groups is 1. The lowest BCUT2D eigenvalue weighted by Crippen LogP contribution is -1.99. The van der Waals surface area contributed by atoms with Crippen LogP contribution in [0.15, 0.2) is 36.7 Å². The Hall–Kier alpha value is -2.89. The first kappa shape index (κ1) is 13.1. The molecule has 0 unspecified atom stereocenters. The van der Waals surface area contributed by atoms with Crippen molar-refractivity contribution in [2.24, 2.45) is 0 Å². The fraction of sp³-hybridized carbons (Fsp3) is 0.133. The van der Waals surface area contributed by atoms with E-state index in [1.165, 1.54) is 17.2 Å². The van der Waals surface area contributed by atoms with Gasteiger partial charge in [0.25, 0.3) is 5.69 Å². The van der Waals surface area contributed by atoms with Crippen LogP contribution in [-0.4, -0.2) is 14.5 Å². The van der Waals surface area contributed by atoms with E-state index in [1.807, 2.05) is 24.5 Å². The average molecular weight is 282 g/mol. The highest BCUT2D eigenvalue weighted by atomic mass is 16.6. The fourth-order valence-corrected chi connectivity index (χ4v) is 2.33. The molecule has 0 saturated carbocycles. The van der Waals surface area contributed by atoms with Crippen LogP contribution < -0.4 is 5.73 Å². The summed E-state index contributed by atoms with van der Waals surface area (Å²) in [5.41, 5.74) is 10.7. The van der Waals surface area contributed by atoms with Gasteiger partial charge in [-0.3, -0.25) is 14.7 Å². The van der Waals surface area contributed by atoms with Gasteiger partial charge in [-0.15, -0.1) is 0 Å². The van der Waals surface area contributed by atoms with Crippen molar-refractivity contribution >= 4 is 22.4 Å². The van der Waals surface area contributed by atoms with E-state index in [2.05, 4.69) is 11.1 Å². The first-order chi connectivity index (χ1) is 9.97. The Morgan fingerprint density at radius 3 is 2.57 bits per heavy atom. The minimum atomic E-state index is -0.487. The predicted molar refractivity (Wildman–Crippen MR) is 81.6 cm³/mol. The Morgan fingerprint density at radius 2 is 1.90 bits per heavy atom. The fourth-order valence-electron chi connectivity index (χ4n) is 2.33. The molecule has 21 heavy (non-hydrogen) atoms. The minimum absolute atomic E-state index is 0.0878. The molecule has 0 aliphatic rings. The van der Waals surface area contributed by atoms with Gasteiger partial charge in [0.05, 0.1) is 16.0 Å². The zero-order valence-corrected chi connectivity index (χ0v) is 11.7. The predicted octanol–water partition coefficient (Wildman–Crippen LogP) is 3.13. The van der Waals surface area contributed by atoms with Crippen molar-refractivity contribution in [2.75, 3.05) is 5.73 Å². The number of rotatable bonds is 2. The largest absolute Gasteiger partial charge is 0.393 e. The summed E-state index contributed by atoms with van der Waals surface area (Å²) < 4.78 is 1.88. The summed E-state index contributed by atoms with van der Waals surface area (Å²) in [5, 5.41) is 10.8. The van der Waals surface area contributed by atoms with Crippen LogP contribution in [0, 0.1) is 24.0 Å². The topological polar surface area (TPSA) is 87.0 Å². The SMILES string of the molecule is Cc1cc2ncn(-c3ccc([N+](=O)[O-])c(N)c3)c2cc1C. The standard InChI is InChI=1S/C15H14N4O2/c1-9-5-13-15(6-10(9)2)18(8-17-13)11-3-4-14(19(20)21)12(16)7-11/h3-8H,16H2,1-2H3. The number of benzene rings is 2. The number of anilines is 1. The van der Waals surface area contributed by atoms with Gasteiger partial charge >= 0.3 is 0 Å². The van der Waals surface area contributed by atoms with Gasteiger partial charge < -0.3 is 5.73 Å². The first-order valence-corrected chi connectivity index (χ1v) is 6.46. The van der Waals surface area contributed by atoms with Crippen LogP contribution in [0.25, 0.3) is 16.7 Å². The number of aromatic nitrogens is 2. The second kappa shape index (κ2) is 4.59. The van der Waals surface area contributed by atoms with Crippen molar-refractivity contribution in [2.45, 2.75) is 13.8 Å². The molecule has 106 valence electrons. The summed E-state index contributed by atoms with van der Waals surface area (Å²) in [7, 11) is 0. The molecule has 0 radical (unpaired) electrons. The van der Waals surface area contributed by atoms with Crippen LogP contribution in [0.3, 0.4) is 0 Å². The number of nitro benzene ring substituents is 1. The van der Waals surface area contributed by atoms with Crippen molar-refractivity contribution in [1.29, 1.82) is 0 Å². The highest BCUT2D eigenvalue weighted by molar-refractivity contribution is 5.80. The normalized spacial score (nSPS) is 11.0. The smallest absolute Gasteiger partial charge is 0.292 e. The van der Waals surface area contributed by atoms with E-state index in [0.29, 0.717) is 0 Å². The van der Waals surface area contributed by atoms with Crippen molar-refractivity contribution in [1.82, 2.24) is 9.55 Å². The van der Waals surface area contributed by atoms with Crippen LogP contribution in [0.4, 0.5) is 11.4 Å². The molecule has 0 atom stereocenters. The number of nitrogens with zero attached hydrogens (tertiary/aromatic N) is 3. The molecular weight excluding hydrogens is 268 g/mol. The molecule has 0 amide bonds. The lowest BCUT2D eigenvalue weighted by atomic mass is 10.1. The molecule has 0 aliphatic heterocycles. The quantitative estimate of drug-likeness (QED) is 0.444. The monoisotopic (exact) mass is 282 g/mol. The number of imidazole rings is 1. The Kier molecular flexibility index (Phi) is 2.86. The first-order valence-electron chi connectivity index (χ1n) is 6.46. The van der Waals surface area contributed by atoms with Crippen LogP contribution in [0.2, 0.25) is 0 Å². The molecule has 0 aliphatic carbocycles. The van der Waals surface area contributed by atoms with E-state index in [9.17, 15) is 10.1 Å². The van der Waals surface area contributed by atoms with E-state index in [0.717, 1.165) is 16.7 Å². The summed E-state index contributed by atoms with van der Waals surface area (Å²) >= 11 is 0. The second-order valence-corrected chi connectivity index (χ2v) is 5.04. The van der Waals surface area contributed by atoms with Gasteiger partial charge in [0, 0.05) is 11.8 Å². The zero-order valence-electron chi connectivity index (χ0n) is 11.7. The summed E-state index contributed by atoms with van der Waals surface area (Å²) in [4.78, 5) is 14.7. The molecule has 0 fully saturated rings. The van der Waals surface area contributed by atoms with Gasteiger partial charge in [-0.25, -0.2) is 4.98 Å². The molecule has 6 heteroatoms. The molecule has 0 saturated heterocycles. The van der Waals surface area contributed by atoms with E-state index in [1.54, 1.807) is 18.5 Å². The third kappa shape index (κ3) is 2.10. The summed E-state index contributed by atoms with van der Waals surface area (Å²) in [5.74, 6) is 0. The minimum Gasteiger partial charge on any atom is -0.393 e. The molecule has 0 bridgehead atoms. The van der Waals surface area contributed by atoms with Crippen LogP contribution in [0.5, 0.6) is 0 Å². The lowest BCUT2D eigenvalue weighted by Gasteiger charge is -2.07. The maximum absolute atomic E-state index is 10.8. The van der Waals surface area contributed by atoms with Crippen LogP contribution in [-0.2, 0) is 0 Å². The zero-order chi connectivity index (χ0) is 15.1. The van der Waals surface area contributed by atoms with E-state index in [4.69, 9.17) is 5.73 Å². The Labute approximate surface area is 121 Å². The molecule has 6 nitrogen and oxygen atoms in total. The number of hydrogen-bond acceptors (Lipinski definition) is 4. The number of nitrogens with two attached hydrogens (primary N) is 1. The number of aryl methyl sites for hydroxylation is 2. The number of fused-ring (bicyclic) bond motifs is 1. The van der Waals surface area contributed by atoms with Gasteiger partial charge in [0.1, 0.15) is 12.0 Å². The van der Waals surface area contributed by atoms with E-state index >= 15 is 0 Å². The summed E-state index contributed by atoms with van der Waals surface area (Å²) in [6, 6.07) is 8.75. The molecule has 1 heterocycles. The molecule has 2 N–H and O–H groups in total. The third-order valence-corrected chi connectivity index (χ3v) is 3.65. The Balaban J connectivity index is 2.19. The van der Waals surface area contributed by atoms with E-state index in [-0.39, 0.29) is 11.4 Å². The Bertz CT molecular complexity index is 867. The molecule has 2 aromatic carbocycles. The van der Waals surface area contributed by atoms with Gasteiger partial charge in [0.15, 0.2) is 0 Å². The van der Waals surface area contributed by atoms with Crippen LogP contribution in [0.1, 0.15) is 11.1 Å². The molecule has 1 aromatic heterocycles. The molecule has 3 rings (SSSR count). The highest BCUT2D eigenvalue weighted by Gasteiger charge is 2.13. The summed E-state index contributed by atoms with van der Waals surface area (Å²) in [6.07, 6.45) is 1.70. The Morgan fingerprint density at radius 1 is 1.19 bits per heavy atom. The van der Waals surface area contributed by atoms with Crippen molar-refractivity contribution in [3.63, 3.8) is 0 Å².